The smallest absolute Gasteiger partial charge is 0.0443 e. The van der Waals surface area contributed by atoms with Gasteiger partial charge in [-0.1, -0.05) is 65.7 Å². The maximum Gasteiger partial charge on any atom is -0.0443 e. The maximum atomic E-state index is 2.34. The van der Waals surface area contributed by atoms with Gasteiger partial charge in [0, 0.05) is 0 Å². The molecule has 1 rings (SSSR count). The fourth-order valence-electron chi connectivity index (χ4n) is 1.48. The lowest BCUT2D eigenvalue weighted by Crippen LogP contribution is -1.78. The molecule has 1 saturated carbocycles. The minimum absolute atomic E-state index is 1.05. The van der Waals surface area contributed by atoms with E-state index >= 15 is 0 Å². The second kappa shape index (κ2) is 8.10. The van der Waals surface area contributed by atoms with Gasteiger partial charge < -0.3 is 0 Å². The van der Waals surface area contributed by atoms with Gasteiger partial charge in [-0.3, -0.25) is 0 Å². The fourth-order valence-corrected chi connectivity index (χ4v) is 1.48. The van der Waals surface area contributed by atoms with E-state index in [0.717, 1.165) is 5.92 Å². The molecule has 68 valence electrons. The highest BCUT2D eigenvalue weighted by molar-refractivity contribution is 4.60. The van der Waals surface area contributed by atoms with Crippen molar-refractivity contribution < 1.29 is 0 Å². The molecule has 1 fully saturated rings. The molecular weight excluding hydrogens is 132 g/mol. The molecule has 0 spiro atoms. The van der Waals surface area contributed by atoms with E-state index < -0.39 is 0 Å². The quantitative estimate of drug-likeness (QED) is 0.556. The topological polar surface area (TPSA) is 0 Å². The van der Waals surface area contributed by atoms with Crippen molar-refractivity contribution in [2.24, 2.45) is 5.92 Å². The van der Waals surface area contributed by atoms with Crippen LogP contribution >= 0.6 is 0 Å². The molecule has 0 aromatic heterocycles. The van der Waals surface area contributed by atoms with Crippen LogP contribution in [0.3, 0.4) is 0 Å². The summed E-state index contributed by atoms with van der Waals surface area (Å²) in [4.78, 5) is 0. The predicted molar refractivity (Wildman–Crippen MR) is 52.8 cm³/mol. The first kappa shape index (κ1) is 11.0. The number of hydrogen-bond acceptors (Lipinski definition) is 0. The molecule has 11 heavy (non-hydrogen) atoms. The Kier molecular flexibility index (Phi) is 8.10. The lowest BCUT2D eigenvalue weighted by atomic mass is 10.2. The number of rotatable bonds is 2. The van der Waals surface area contributed by atoms with Crippen LogP contribution in [-0.4, -0.2) is 0 Å². The molecule has 0 heteroatoms. The number of unbranched alkanes of at least 4 members (excludes halogenated alkanes) is 2. The first-order valence-electron chi connectivity index (χ1n) is 5.31. The molecule has 1 aliphatic rings. The van der Waals surface area contributed by atoms with Crippen LogP contribution in [0, 0.1) is 5.92 Å². The van der Waals surface area contributed by atoms with Crippen molar-refractivity contribution in [2.45, 2.75) is 65.7 Å². The standard InChI is InChI=1S/C6H12.C5H12/c1-6-4-2-3-5-6;1-3-5-4-2/h6H,2-5H2,1H3;3-5H2,1-2H3. The van der Waals surface area contributed by atoms with Crippen molar-refractivity contribution in [3.63, 3.8) is 0 Å². The fraction of sp³-hybridized carbons (Fsp3) is 1.00. The van der Waals surface area contributed by atoms with E-state index in [2.05, 4.69) is 20.8 Å². The van der Waals surface area contributed by atoms with Crippen LogP contribution in [0.2, 0.25) is 0 Å². The largest absolute Gasteiger partial charge is 0.0654 e. The molecule has 0 nitrogen and oxygen atoms in total. The van der Waals surface area contributed by atoms with Crippen molar-refractivity contribution in [1.29, 1.82) is 0 Å². The van der Waals surface area contributed by atoms with E-state index in [4.69, 9.17) is 0 Å². The van der Waals surface area contributed by atoms with E-state index in [1.807, 2.05) is 0 Å². The molecule has 0 aliphatic heterocycles. The van der Waals surface area contributed by atoms with Crippen LogP contribution in [0.15, 0.2) is 0 Å². The summed E-state index contributed by atoms with van der Waals surface area (Å²) < 4.78 is 0. The normalized spacial score (nSPS) is 17.7. The van der Waals surface area contributed by atoms with Gasteiger partial charge in [0.25, 0.3) is 0 Å². The summed E-state index contributed by atoms with van der Waals surface area (Å²) in [6.45, 7) is 6.76. The Hall–Kier alpha value is 0. The molecule has 0 heterocycles. The van der Waals surface area contributed by atoms with Crippen molar-refractivity contribution in [3.8, 4) is 0 Å². The zero-order valence-corrected chi connectivity index (χ0v) is 8.53. The van der Waals surface area contributed by atoms with Gasteiger partial charge in [0.15, 0.2) is 0 Å². The Bertz CT molecular complexity index is 58.4. The average Bonchev–Trinajstić information content (AvgIpc) is 2.43. The molecule has 0 bridgehead atoms. The first-order valence-corrected chi connectivity index (χ1v) is 5.31. The Morgan fingerprint density at radius 3 is 1.55 bits per heavy atom. The molecule has 0 radical (unpaired) electrons. The van der Waals surface area contributed by atoms with Crippen LogP contribution in [0.25, 0.3) is 0 Å². The molecule has 0 atom stereocenters. The van der Waals surface area contributed by atoms with Crippen LogP contribution in [0.4, 0.5) is 0 Å². The van der Waals surface area contributed by atoms with Crippen molar-refractivity contribution in [3.05, 3.63) is 0 Å². The van der Waals surface area contributed by atoms with Crippen LogP contribution in [0.5, 0.6) is 0 Å². The van der Waals surface area contributed by atoms with Gasteiger partial charge in [-0.2, -0.15) is 0 Å². The Balaban J connectivity index is 0.000000187. The predicted octanol–water partition coefficient (Wildman–Crippen LogP) is 4.39. The third-order valence-corrected chi connectivity index (χ3v) is 2.35. The summed E-state index contributed by atoms with van der Waals surface area (Å²) in [6, 6.07) is 0. The monoisotopic (exact) mass is 156 g/mol. The Labute approximate surface area is 72.4 Å². The molecule has 0 N–H and O–H groups in total. The van der Waals surface area contributed by atoms with Gasteiger partial charge in [0.05, 0.1) is 0 Å². The zero-order chi connectivity index (χ0) is 8.53. The van der Waals surface area contributed by atoms with Crippen LogP contribution < -0.4 is 0 Å². The highest BCUT2D eigenvalue weighted by Gasteiger charge is 2.07. The first-order chi connectivity index (χ1) is 5.31. The van der Waals surface area contributed by atoms with Gasteiger partial charge in [0.1, 0.15) is 0 Å². The van der Waals surface area contributed by atoms with E-state index in [9.17, 15) is 0 Å². The number of hydrogen-bond donors (Lipinski definition) is 0. The van der Waals surface area contributed by atoms with Gasteiger partial charge >= 0.3 is 0 Å². The molecule has 0 unspecified atom stereocenters. The van der Waals surface area contributed by atoms with E-state index in [1.165, 1.54) is 44.9 Å². The summed E-state index contributed by atoms with van der Waals surface area (Å²) in [5.41, 5.74) is 0. The lowest BCUT2D eigenvalue weighted by molar-refractivity contribution is 0.612. The third kappa shape index (κ3) is 7.90. The molecule has 0 amide bonds. The Morgan fingerprint density at radius 1 is 1.00 bits per heavy atom. The second-order valence-electron chi connectivity index (χ2n) is 3.74. The van der Waals surface area contributed by atoms with Crippen LogP contribution in [-0.2, 0) is 0 Å². The summed E-state index contributed by atoms with van der Waals surface area (Å²) in [5, 5.41) is 0. The van der Waals surface area contributed by atoms with Gasteiger partial charge in [-0.05, 0) is 5.92 Å². The van der Waals surface area contributed by atoms with Crippen molar-refractivity contribution in [1.82, 2.24) is 0 Å². The molecular formula is C11H24. The molecule has 0 aromatic rings. The highest BCUT2D eigenvalue weighted by Crippen LogP contribution is 2.22. The Morgan fingerprint density at radius 2 is 1.45 bits per heavy atom. The van der Waals surface area contributed by atoms with E-state index in [-0.39, 0.29) is 0 Å². The van der Waals surface area contributed by atoms with Crippen molar-refractivity contribution >= 4 is 0 Å². The molecule has 0 aromatic carbocycles. The van der Waals surface area contributed by atoms with Crippen LogP contribution in [0.1, 0.15) is 65.7 Å². The van der Waals surface area contributed by atoms with Crippen molar-refractivity contribution in [2.75, 3.05) is 0 Å². The molecule has 0 saturated heterocycles. The minimum atomic E-state index is 1.05. The van der Waals surface area contributed by atoms with Gasteiger partial charge in [-0.15, -0.1) is 0 Å². The maximum absolute atomic E-state index is 2.34. The van der Waals surface area contributed by atoms with E-state index in [1.54, 1.807) is 0 Å². The summed E-state index contributed by atoms with van der Waals surface area (Å²) in [7, 11) is 0. The SMILES string of the molecule is CC1CCCC1.CCCCC. The minimum Gasteiger partial charge on any atom is -0.0654 e. The van der Waals surface area contributed by atoms with E-state index in [0.29, 0.717) is 0 Å². The second-order valence-corrected chi connectivity index (χ2v) is 3.74. The molecule has 1 aliphatic carbocycles. The summed E-state index contributed by atoms with van der Waals surface area (Å²) >= 11 is 0. The van der Waals surface area contributed by atoms with Gasteiger partial charge in [0.2, 0.25) is 0 Å². The lowest BCUT2D eigenvalue weighted by Gasteiger charge is -1.91. The zero-order valence-electron chi connectivity index (χ0n) is 8.53. The van der Waals surface area contributed by atoms with Gasteiger partial charge in [-0.25, -0.2) is 0 Å². The summed E-state index contributed by atoms with van der Waals surface area (Å²) in [5.74, 6) is 1.05. The third-order valence-electron chi connectivity index (χ3n) is 2.35. The highest BCUT2D eigenvalue weighted by atomic mass is 14.1. The summed E-state index contributed by atoms with van der Waals surface area (Å²) in [6.07, 6.45) is 10.0. The average molecular weight is 156 g/mol.